The van der Waals surface area contributed by atoms with Gasteiger partial charge in [-0.05, 0) is 0 Å². The number of phosphoric acid groups is 1. The van der Waals surface area contributed by atoms with Gasteiger partial charge in [0.2, 0.25) is 5.82 Å². The van der Waals surface area contributed by atoms with Crippen molar-refractivity contribution >= 4 is 7.82 Å². The lowest BCUT2D eigenvalue weighted by atomic mass is 9.98. The van der Waals surface area contributed by atoms with Gasteiger partial charge < -0.3 is 24.7 Å². The van der Waals surface area contributed by atoms with Crippen LogP contribution in [-0.2, 0) is 13.8 Å². The summed E-state index contributed by atoms with van der Waals surface area (Å²) in [5.41, 5.74) is 0. The Morgan fingerprint density at radius 1 is 1.47 bits per heavy atom. The summed E-state index contributed by atoms with van der Waals surface area (Å²) in [4.78, 5) is 17.2. The number of aliphatic hydroxyl groups excluding tert-OH is 2. The standard InChI is InChI=1S/C7H13N4O7P/c12-3-1-4(7-8-10-11-9-7)18-5(6(3)13)2-17-19(14,15)16/h3-6,12-13H,1-2H2,(H2,14,15,16)(H,8,9,10,11)/t3-,4-,5+,6-/m0/s1. The van der Waals surface area contributed by atoms with Crippen LogP contribution < -0.4 is 0 Å². The van der Waals surface area contributed by atoms with Gasteiger partial charge in [0, 0.05) is 6.42 Å². The molecule has 2 heterocycles. The zero-order chi connectivity index (χ0) is 14.0. The number of nitrogens with zero attached hydrogens (tertiary/aromatic N) is 3. The maximum Gasteiger partial charge on any atom is 0.469 e. The molecule has 1 aliphatic rings. The quantitative estimate of drug-likeness (QED) is 0.386. The van der Waals surface area contributed by atoms with E-state index in [1.807, 2.05) is 0 Å². The van der Waals surface area contributed by atoms with Crippen LogP contribution in [0.5, 0.6) is 0 Å². The van der Waals surface area contributed by atoms with Gasteiger partial charge in [-0.15, -0.1) is 10.2 Å². The number of aromatic amines is 1. The van der Waals surface area contributed by atoms with Gasteiger partial charge in [-0.25, -0.2) is 4.57 Å². The number of hydrogen-bond donors (Lipinski definition) is 5. The van der Waals surface area contributed by atoms with Crippen LogP contribution >= 0.6 is 7.82 Å². The number of H-pyrrole nitrogens is 1. The van der Waals surface area contributed by atoms with Gasteiger partial charge in [-0.2, -0.15) is 5.21 Å². The minimum Gasteiger partial charge on any atom is -0.390 e. The summed E-state index contributed by atoms with van der Waals surface area (Å²) in [5, 5.41) is 32.3. The molecule has 0 bridgehead atoms. The average molecular weight is 296 g/mol. The second-order valence-corrected chi connectivity index (χ2v) is 5.25. The smallest absolute Gasteiger partial charge is 0.390 e. The van der Waals surface area contributed by atoms with Crippen LogP contribution in [0.4, 0.5) is 0 Å². The zero-order valence-electron chi connectivity index (χ0n) is 9.53. The van der Waals surface area contributed by atoms with Gasteiger partial charge in [-0.3, -0.25) is 4.52 Å². The summed E-state index contributed by atoms with van der Waals surface area (Å²) in [7, 11) is -4.68. The molecule has 5 N–H and O–H groups in total. The first kappa shape index (κ1) is 14.5. The Morgan fingerprint density at radius 2 is 2.21 bits per heavy atom. The summed E-state index contributed by atoms with van der Waals surface area (Å²) in [6, 6.07) is 0. The number of ether oxygens (including phenoxy) is 1. The van der Waals surface area contributed by atoms with Crippen LogP contribution in [-0.4, -0.2) is 65.5 Å². The van der Waals surface area contributed by atoms with Crippen LogP contribution in [0.1, 0.15) is 18.3 Å². The van der Waals surface area contributed by atoms with E-state index in [4.69, 9.17) is 14.5 Å². The second-order valence-electron chi connectivity index (χ2n) is 4.01. The van der Waals surface area contributed by atoms with Crippen molar-refractivity contribution in [2.75, 3.05) is 6.61 Å². The second kappa shape index (κ2) is 5.59. The van der Waals surface area contributed by atoms with E-state index >= 15 is 0 Å². The Bertz CT molecular complexity index is 450. The van der Waals surface area contributed by atoms with Crippen LogP contribution in [0, 0.1) is 0 Å². The Hall–Kier alpha value is -0.940. The number of tetrazole rings is 1. The van der Waals surface area contributed by atoms with Crippen molar-refractivity contribution in [1.82, 2.24) is 20.6 Å². The van der Waals surface area contributed by atoms with E-state index in [-0.39, 0.29) is 12.2 Å². The van der Waals surface area contributed by atoms with Gasteiger partial charge in [-0.1, -0.05) is 5.21 Å². The molecule has 0 spiro atoms. The molecule has 4 atom stereocenters. The highest BCUT2D eigenvalue weighted by Gasteiger charge is 2.39. The fourth-order valence-corrected chi connectivity index (χ4v) is 2.08. The Morgan fingerprint density at radius 3 is 2.79 bits per heavy atom. The fraction of sp³-hybridized carbons (Fsp3) is 0.857. The van der Waals surface area contributed by atoms with Crippen molar-refractivity contribution in [2.45, 2.75) is 30.8 Å². The van der Waals surface area contributed by atoms with E-state index in [1.54, 1.807) is 0 Å². The summed E-state index contributed by atoms with van der Waals surface area (Å²) in [6.45, 7) is -0.573. The van der Waals surface area contributed by atoms with Gasteiger partial charge in [0.1, 0.15) is 18.3 Å². The molecule has 0 amide bonds. The van der Waals surface area contributed by atoms with Crippen LogP contribution in [0.25, 0.3) is 0 Å². The number of hydrogen-bond acceptors (Lipinski definition) is 8. The molecule has 1 aliphatic heterocycles. The molecule has 0 radical (unpaired) electrons. The van der Waals surface area contributed by atoms with Crippen molar-refractivity contribution in [1.29, 1.82) is 0 Å². The lowest BCUT2D eigenvalue weighted by molar-refractivity contribution is -0.182. The van der Waals surface area contributed by atoms with Crippen molar-refractivity contribution in [3.63, 3.8) is 0 Å². The highest BCUT2D eigenvalue weighted by molar-refractivity contribution is 7.46. The van der Waals surface area contributed by atoms with E-state index < -0.39 is 38.8 Å². The topological polar surface area (TPSA) is 171 Å². The zero-order valence-corrected chi connectivity index (χ0v) is 10.4. The maximum atomic E-state index is 10.6. The lowest BCUT2D eigenvalue weighted by Gasteiger charge is -2.35. The van der Waals surface area contributed by atoms with E-state index in [1.165, 1.54) is 0 Å². The minimum absolute atomic E-state index is 0.0348. The average Bonchev–Trinajstić information content (AvgIpc) is 2.83. The summed E-state index contributed by atoms with van der Waals surface area (Å²) < 4.78 is 20.2. The van der Waals surface area contributed by atoms with Crippen molar-refractivity contribution in [3.8, 4) is 0 Å². The van der Waals surface area contributed by atoms with Crippen LogP contribution in [0.15, 0.2) is 0 Å². The third-order valence-corrected chi connectivity index (χ3v) is 3.11. The summed E-state index contributed by atoms with van der Waals surface area (Å²) in [6.07, 6.45) is -4.30. The molecule has 1 aromatic heterocycles. The fourth-order valence-electron chi connectivity index (χ4n) is 1.73. The molecule has 1 fully saturated rings. The normalized spacial score (nSPS) is 32.4. The first-order valence-electron chi connectivity index (χ1n) is 5.32. The maximum absolute atomic E-state index is 10.6. The molecule has 2 rings (SSSR count). The predicted molar refractivity (Wildman–Crippen MR) is 56.4 cm³/mol. The number of aromatic nitrogens is 4. The molecule has 12 heteroatoms. The molecule has 1 saturated heterocycles. The lowest BCUT2D eigenvalue weighted by Crippen LogP contribution is -2.47. The van der Waals surface area contributed by atoms with E-state index in [0.717, 1.165) is 0 Å². The molecule has 1 aromatic rings. The third kappa shape index (κ3) is 3.76. The molecular weight excluding hydrogens is 283 g/mol. The van der Waals surface area contributed by atoms with Gasteiger partial charge in [0.05, 0.1) is 12.7 Å². The number of nitrogens with one attached hydrogen (secondary N) is 1. The summed E-state index contributed by atoms with van der Waals surface area (Å²) >= 11 is 0. The van der Waals surface area contributed by atoms with E-state index in [0.29, 0.717) is 0 Å². The third-order valence-electron chi connectivity index (χ3n) is 2.63. The highest BCUT2D eigenvalue weighted by atomic mass is 31.2. The molecule has 108 valence electrons. The molecule has 0 aromatic carbocycles. The van der Waals surface area contributed by atoms with Gasteiger partial charge in [0.25, 0.3) is 0 Å². The Balaban J connectivity index is 2.03. The van der Waals surface area contributed by atoms with Crippen LogP contribution in [0.3, 0.4) is 0 Å². The SMILES string of the molecule is O=P(O)(O)OC[C@H]1O[C@H](c2nn[nH]n2)C[C@H](O)[C@@H]1O. The van der Waals surface area contributed by atoms with Crippen molar-refractivity contribution < 1.29 is 33.8 Å². The number of phosphoric ester groups is 1. The van der Waals surface area contributed by atoms with E-state index in [9.17, 15) is 14.8 Å². The van der Waals surface area contributed by atoms with Crippen LogP contribution in [0.2, 0.25) is 0 Å². The molecule has 11 nitrogen and oxygen atoms in total. The Labute approximate surface area is 106 Å². The van der Waals surface area contributed by atoms with Gasteiger partial charge >= 0.3 is 7.82 Å². The van der Waals surface area contributed by atoms with Gasteiger partial charge in [0.15, 0.2) is 0 Å². The van der Waals surface area contributed by atoms with Crippen molar-refractivity contribution in [2.24, 2.45) is 0 Å². The number of rotatable bonds is 4. The highest BCUT2D eigenvalue weighted by Crippen LogP contribution is 2.38. The molecule has 0 aliphatic carbocycles. The Kier molecular flexibility index (Phi) is 4.26. The number of aliphatic hydroxyl groups is 2. The molecule has 0 unspecified atom stereocenters. The first-order valence-corrected chi connectivity index (χ1v) is 6.85. The monoisotopic (exact) mass is 296 g/mol. The minimum atomic E-state index is -4.68. The molecular formula is C7H13N4O7P. The molecule has 0 saturated carbocycles. The van der Waals surface area contributed by atoms with Crippen molar-refractivity contribution in [3.05, 3.63) is 5.82 Å². The molecule has 19 heavy (non-hydrogen) atoms. The largest absolute Gasteiger partial charge is 0.469 e. The summed E-state index contributed by atoms with van der Waals surface area (Å²) in [5.74, 6) is 0.173. The predicted octanol–water partition coefficient (Wildman–Crippen LogP) is -2.14. The first-order chi connectivity index (χ1) is 8.87. The van der Waals surface area contributed by atoms with E-state index in [2.05, 4.69) is 25.1 Å².